The average molecular weight is 218 g/mol. The molecule has 0 aromatic rings. The molecular weight excluding hydrogens is 203 g/mol. The van der Waals surface area contributed by atoms with Crippen LogP contribution in [0.4, 0.5) is 4.39 Å². The maximum Gasteiger partial charge on any atom is 0.308 e. The number of ether oxygens (including phenoxy) is 1. The number of ketones is 1. The fourth-order valence-electron chi connectivity index (χ4n) is 1.90. The number of hydrogen-bond donors (Lipinski definition) is 1. The van der Waals surface area contributed by atoms with E-state index >= 15 is 0 Å². The quantitative estimate of drug-likeness (QED) is 0.705. The molecule has 0 saturated heterocycles. The monoisotopic (exact) mass is 218 g/mol. The summed E-state index contributed by atoms with van der Waals surface area (Å²) in [6, 6.07) is 0. The number of aliphatic hydroxyl groups is 1. The average Bonchev–Trinajstić information content (AvgIpc) is 2.28. The van der Waals surface area contributed by atoms with Gasteiger partial charge in [0.1, 0.15) is 6.61 Å². The van der Waals surface area contributed by atoms with Crippen LogP contribution in [-0.2, 0) is 14.3 Å². The Bertz CT molecular complexity index is 256. The van der Waals surface area contributed by atoms with E-state index in [2.05, 4.69) is 4.74 Å². The minimum Gasteiger partial charge on any atom is -0.469 e. The molecule has 1 aliphatic carbocycles. The highest BCUT2D eigenvalue weighted by Gasteiger charge is 2.43. The number of hydrogen-bond acceptors (Lipinski definition) is 4. The van der Waals surface area contributed by atoms with Crippen molar-refractivity contribution in [3.05, 3.63) is 0 Å². The smallest absolute Gasteiger partial charge is 0.308 e. The first-order chi connectivity index (χ1) is 7.03. The minimum absolute atomic E-state index is 0.00778. The zero-order valence-corrected chi connectivity index (χ0v) is 8.66. The second-order valence-corrected chi connectivity index (χ2v) is 3.84. The first-order valence-corrected chi connectivity index (χ1v) is 4.94. The molecule has 86 valence electrons. The minimum atomic E-state index is -1.95. The Balaban J connectivity index is 2.55. The van der Waals surface area contributed by atoms with Gasteiger partial charge < -0.3 is 9.84 Å². The van der Waals surface area contributed by atoms with E-state index in [1.165, 1.54) is 7.11 Å². The highest BCUT2D eigenvalue weighted by atomic mass is 19.1. The fraction of sp³-hybridized carbons (Fsp3) is 0.800. The Labute approximate surface area is 87.4 Å². The van der Waals surface area contributed by atoms with Gasteiger partial charge in [0, 0.05) is 0 Å². The van der Waals surface area contributed by atoms with E-state index in [-0.39, 0.29) is 24.7 Å². The summed E-state index contributed by atoms with van der Waals surface area (Å²) in [6.45, 7) is -0.778. The van der Waals surface area contributed by atoms with Crippen molar-refractivity contribution < 1.29 is 23.8 Å². The van der Waals surface area contributed by atoms with Gasteiger partial charge in [0.2, 0.25) is 0 Å². The van der Waals surface area contributed by atoms with Gasteiger partial charge in [-0.1, -0.05) is 0 Å². The molecule has 0 radical (unpaired) electrons. The van der Waals surface area contributed by atoms with Crippen LogP contribution in [-0.4, -0.2) is 36.2 Å². The number of rotatable bonds is 3. The summed E-state index contributed by atoms with van der Waals surface area (Å²) < 4.78 is 18.4. The molecule has 0 aromatic heterocycles. The first kappa shape index (κ1) is 12.1. The summed E-state index contributed by atoms with van der Waals surface area (Å²) in [5, 5.41) is 8.59. The van der Waals surface area contributed by atoms with Crippen LogP contribution in [0.2, 0.25) is 0 Å². The third kappa shape index (κ3) is 2.53. The molecule has 1 fully saturated rings. The normalized spacial score (nSPS) is 31.0. The molecule has 0 atom stereocenters. The highest BCUT2D eigenvalue weighted by molar-refractivity contribution is 5.88. The predicted molar refractivity (Wildman–Crippen MR) is 49.9 cm³/mol. The number of alkyl halides is 1. The van der Waals surface area contributed by atoms with E-state index in [9.17, 15) is 14.0 Å². The van der Waals surface area contributed by atoms with Gasteiger partial charge in [-0.05, 0) is 25.7 Å². The Morgan fingerprint density at radius 3 is 2.40 bits per heavy atom. The summed E-state index contributed by atoms with van der Waals surface area (Å²) in [5.74, 6) is -1.45. The van der Waals surface area contributed by atoms with Crippen LogP contribution in [0.3, 0.4) is 0 Å². The standard InChI is InChI=1S/C10H15FO4/c1-15-9(14)7-2-4-10(11,5-3-7)8(13)6-12/h7,12H,2-6H2,1H3. The number of Topliss-reactive ketones (excluding diaryl/α,β-unsaturated/α-hetero) is 1. The van der Waals surface area contributed by atoms with Gasteiger partial charge in [0.05, 0.1) is 13.0 Å². The largest absolute Gasteiger partial charge is 0.469 e. The number of halogens is 1. The molecule has 0 amide bonds. The molecule has 0 unspecified atom stereocenters. The maximum atomic E-state index is 13.8. The topological polar surface area (TPSA) is 63.6 Å². The molecule has 5 heteroatoms. The molecule has 15 heavy (non-hydrogen) atoms. The lowest BCUT2D eigenvalue weighted by molar-refractivity contribution is -0.150. The van der Waals surface area contributed by atoms with E-state index in [0.29, 0.717) is 12.8 Å². The molecule has 1 aliphatic rings. The lowest BCUT2D eigenvalue weighted by atomic mass is 9.78. The van der Waals surface area contributed by atoms with Gasteiger partial charge in [-0.3, -0.25) is 9.59 Å². The van der Waals surface area contributed by atoms with Crippen LogP contribution in [0.25, 0.3) is 0 Å². The molecule has 0 heterocycles. The maximum absolute atomic E-state index is 13.8. The molecule has 4 nitrogen and oxygen atoms in total. The van der Waals surface area contributed by atoms with Crippen LogP contribution in [0, 0.1) is 5.92 Å². The number of esters is 1. The number of methoxy groups -OCH3 is 1. The lowest BCUT2D eigenvalue weighted by Crippen LogP contribution is -2.41. The van der Waals surface area contributed by atoms with Crippen LogP contribution in [0.15, 0.2) is 0 Å². The summed E-state index contributed by atoms with van der Waals surface area (Å²) in [6.07, 6.45) is 0.585. The second-order valence-electron chi connectivity index (χ2n) is 3.84. The van der Waals surface area contributed by atoms with E-state index in [0.717, 1.165) is 0 Å². The zero-order chi connectivity index (χ0) is 11.5. The van der Waals surface area contributed by atoms with E-state index < -0.39 is 18.1 Å². The molecule has 1 saturated carbocycles. The Kier molecular flexibility index (Phi) is 3.79. The van der Waals surface area contributed by atoms with Crippen molar-refractivity contribution in [3.63, 3.8) is 0 Å². The molecule has 1 rings (SSSR count). The Morgan fingerprint density at radius 1 is 1.47 bits per heavy atom. The summed E-state index contributed by atoms with van der Waals surface area (Å²) in [4.78, 5) is 22.2. The molecule has 0 bridgehead atoms. The van der Waals surface area contributed by atoms with Crippen LogP contribution in [0.5, 0.6) is 0 Å². The van der Waals surface area contributed by atoms with Crippen molar-refractivity contribution in [1.82, 2.24) is 0 Å². The van der Waals surface area contributed by atoms with Crippen molar-refractivity contribution >= 4 is 11.8 Å². The second kappa shape index (κ2) is 4.70. The van der Waals surface area contributed by atoms with Crippen molar-refractivity contribution in [3.8, 4) is 0 Å². The number of aliphatic hydroxyl groups excluding tert-OH is 1. The SMILES string of the molecule is COC(=O)C1CCC(F)(C(=O)CO)CC1. The molecule has 0 aliphatic heterocycles. The third-order valence-electron chi connectivity index (χ3n) is 2.96. The first-order valence-electron chi connectivity index (χ1n) is 4.94. The Morgan fingerprint density at radius 2 is 2.00 bits per heavy atom. The van der Waals surface area contributed by atoms with Gasteiger partial charge in [-0.2, -0.15) is 0 Å². The summed E-state index contributed by atoms with van der Waals surface area (Å²) in [7, 11) is 1.29. The number of carbonyl (C=O) groups is 2. The molecule has 1 N–H and O–H groups in total. The summed E-state index contributed by atoms with van der Waals surface area (Å²) in [5.41, 5.74) is -1.95. The van der Waals surface area contributed by atoms with Gasteiger partial charge in [-0.15, -0.1) is 0 Å². The predicted octanol–water partition coefficient (Wildman–Crippen LogP) is 0.619. The van der Waals surface area contributed by atoms with Crippen molar-refractivity contribution in [1.29, 1.82) is 0 Å². The van der Waals surface area contributed by atoms with Gasteiger partial charge in [0.25, 0.3) is 0 Å². The van der Waals surface area contributed by atoms with Gasteiger partial charge in [-0.25, -0.2) is 4.39 Å². The van der Waals surface area contributed by atoms with Crippen LogP contribution >= 0.6 is 0 Å². The molecule has 0 spiro atoms. The van der Waals surface area contributed by atoms with Crippen molar-refractivity contribution in [2.75, 3.05) is 13.7 Å². The van der Waals surface area contributed by atoms with E-state index in [1.807, 2.05) is 0 Å². The van der Waals surface area contributed by atoms with Gasteiger partial charge >= 0.3 is 5.97 Å². The molecular formula is C10H15FO4. The number of carbonyl (C=O) groups excluding carboxylic acids is 2. The van der Waals surface area contributed by atoms with Gasteiger partial charge in [0.15, 0.2) is 11.5 Å². The van der Waals surface area contributed by atoms with Crippen LogP contribution < -0.4 is 0 Å². The van der Waals surface area contributed by atoms with Crippen molar-refractivity contribution in [2.24, 2.45) is 5.92 Å². The molecule has 0 aromatic carbocycles. The highest BCUT2D eigenvalue weighted by Crippen LogP contribution is 2.36. The summed E-state index contributed by atoms with van der Waals surface area (Å²) >= 11 is 0. The van der Waals surface area contributed by atoms with E-state index in [1.54, 1.807) is 0 Å². The fourth-order valence-corrected chi connectivity index (χ4v) is 1.90. The van der Waals surface area contributed by atoms with E-state index in [4.69, 9.17) is 5.11 Å². The van der Waals surface area contributed by atoms with Crippen LogP contribution in [0.1, 0.15) is 25.7 Å². The lowest BCUT2D eigenvalue weighted by Gasteiger charge is -2.30. The van der Waals surface area contributed by atoms with Crippen molar-refractivity contribution in [2.45, 2.75) is 31.4 Å². The Hall–Kier alpha value is -0.970. The zero-order valence-electron chi connectivity index (χ0n) is 8.66. The third-order valence-corrected chi connectivity index (χ3v) is 2.96.